The van der Waals surface area contributed by atoms with Gasteiger partial charge in [0, 0.05) is 0 Å². The third-order valence-corrected chi connectivity index (χ3v) is 4.29. The van der Waals surface area contributed by atoms with E-state index in [1.54, 1.807) is 19.2 Å². The topological polar surface area (TPSA) is 71.0 Å². The molecular formula is C16H19N3O3. The molecule has 1 heterocycles. The summed E-state index contributed by atoms with van der Waals surface area (Å²) < 4.78 is 5.08. The van der Waals surface area contributed by atoms with Gasteiger partial charge in [0.2, 0.25) is 0 Å². The summed E-state index contributed by atoms with van der Waals surface area (Å²) in [4.78, 5) is 24.6. The Balaban J connectivity index is 1.75. The number of carbonyl (C=O) groups excluding carboxylic acids is 2. The van der Waals surface area contributed by atoms with Gasteiger partial charge in [-0.15, -0.1) is 5.01 Å². The molecule has 0 atom stereocenters. The second-order valence-corrected chi connectivity index (χ2v) is 5.71. The summed E-state index contributed by atoms with van der Waals surface area (Å²) in [6.07, 6.45) is 5.95. The Bertz CT molecular complexity index is 604. The number of carbonyl (C=O) groups is 2. The van der Waals surface area contributed by atoms with Crippen molar-refractivity contribution in [1.29, 1.82) is 0 Å². The molecule has 1 saturated heterocycles. The molecule has 1 spiro atoms. The van der Waals surface area contributed by atoms with Gasteiger partial charge >= 0.3 is 6.03 Å². The Morgan fingerprint density at radius 2 is 1.86 bits per heavy atom. The maximum atomic E-state index is 12.5. The van der Waals surface area contributed by atoms with Crippen LogP contribution in [0.25, 0.3) is 0 Å². The minimum Gasteiger partial charge on any atom is -0.497 e. The predicted molar refractivity (Wildman–Crippen MR) is 81.8 cm³/mol. The van der Waals surface area contributed by atoms with Crippen LogP contribution in [0.4, 0.5) is 4.79 Å². The third-order valence-electron chi connectivity index (χ3n) is 4.29. The first-order valence-corrected chi connectivity index (χ1v) is 7.49. The Morgan fingerprint density at radius 3 is 2.50 bits per heavy atom. The molecular weight excluding hydrogens is 282 g/mol. The first kappa shape index (κ1) is 14.6. The SMILES string of the molecule is COc1ccc(/C=N\N2C(=O)NC3(CCCCC3)C2=O)cc1. The molecule has 3 rings (SSSR count). The first-order valence-electron chi connectivity index (χ1n) is 7.49. The highest BCUT2D eigenvalue weighted by Crippen LogP contribution is 2.33. The van der Waals surface area contributed by atoms with E-state index in [2.05, 4.69) is 10.4 Å². The average Bonchev–Trinajstić information content (AvgIpc) is 2.77. The summed E-state index contributed by atoms with van der Waals surface area (Å²) in [7, 11) is 1.60. The second-order valence-electron chi connectivity index (χ2n) is 5.71. The molecule has 116 valence electrons. The summed E-state index contributed by atoms with van der Waals surface area (Å²) in [6.45, 7) is 0. The molecule has 2 aliphatic rings. The van der Waals surface area contributed by atoms with Crippen LogP contribution in [0.2, 0.25) is 0 Å². The van der Waals surface area contributed by atoms with Crippen LogP contribution in [0.1, 0.15) is 37.7 Å². The molecule has 0 unspecified atom stereocenters. The predicted octanol–water partition coefficient (Wildman–Crippen LogP) is 2.28. The second kappa shape index (κ2) is 5.79. The molecule has 1 aromatic rings. The summed E-state index contributed by atoms with van der Waals surface area (Å²) in [5.41, 5.74) is 0.0676. The fraction of sp³-hybridized carbons (Fsp3) is 0.438. The number of amides is 3. The monoisotopic (exact) mass is 301 g/mol. The largest absolute Gasteiger partial charge is 0.497 e. The number of imide groups is 1. The van der Waals surface area contributed by atoms with Gasteiger partial charge in [-0.2, -0.15) is 5.10 Å². The van der Waals surface area contributed by atoms with Crippen LogP contribution in [0, 0.1) is 0 Å². The molecule has 0 bridgehead atoms. The van der Waals surface area contributed by atoms with Gasteiger partial charge in [0.05, 0.1) is 13.3 Å². The molecule has 6 heteroatoms. The van der Waals surface area contributed by atoms with Crippen molar-refractivity contribution in [2.45, 2.75) is 37.6 Å². The maximum Gasteiger partial charge on any atom is 0.346 e. The standard InChI is InChI=1S/C16H19N3O3/c1-22-13-7-5-12(6-8-13)11-17-19-14(20)16(18-15(19)21)9-3-2-4-10-16/h5-8,11H,2-4,9-10H2,1H3,(H,18,21)/b17-11-. The zero-order valence-corrected chi connectivity index (χ0v) is 12.5. The number of rotatable bonds is 3. The lowest BCUT2D eigenvalue weighted by Crippen LogP contribution is -2.48. The van der Waals surface area contributed by atoms with Gasteiger partial charge in [-0.3, -0.25) is 4.79 Å². The number of hydrogen-bond acceptors (Lipinski definition) is 4. The molecule has 0 aromatic heterocycles. The van der Waals surface area contributed by atoms with Gasteiger partial charge in [0.1, 0.15) is 11.3 Å². The third kappa shape index (κ3) is 2.56. The zero-order chi connectivity index (χ0) is 15.6. The molecule has 22 heavy (non-hydrogen) atoms. The molecule has 1 N–H and O–H groups in total. The Kier molecular flexibility index (Phi) is 3.83. The van der Waals surface area contributed by atoms with E-state index in [4.69, 9.17) is 4.74 Å². The Labute approximate surface area is 129 Å². The fourth-order valence-electron chi connectivity index (χ4n) is 3.02. The van der Waals surface area contributed by atoms with Crippen molar-refractivity contribution < 1.29 is 14.3 Å². The highest BCUT2D eigenvalue weighted by molar-refractivity contribution is 6.07. The van der Waals surface area contributed by atoms with Crippen molar-refractivity contribution in [3.8, 4) is 5.75 Å². The molecule has 2 fully saturated rings. The van der Waals surface area contributed by atoms with Crippen molar-refractivity contribution in [2.75, 3.05) is 7.11 Å². The van der Waals surface area contributed by atoms with Gasteiger partial charge in [0.25, 0.3) is 5.91 Å². The van der Waals surface area contributed by atoms with Crippen molar-refractivity contribution in [3.63, 3.8) is 0 Å². The molecule has 1 aliphatic carbocycles. The lowest BCUT2D eigenvalue weighted by molar-refractivity contribution is -0.132. The normalized spacial score (nSPS) is 20.7. The fourth-order valence-corrected chi connectivity index (χ4v) is 3.02. The lowest BCUT2D eigenvalue weighted by Gasteiger charge is -2.29. The van der Waals surface area contributed by atoms with Crippen LogP contribution in [0.5, 0.6) is 5.75 Å². The number of ether oxygens (including phenoxy) is 1. The Hall–Kier alpha value is -2.37. The van der Waals surface area contributed by atoms with Crippen LogP contribution in [-0.2, 0) is 4.79 Å². The average molecular weight is 301 g/mol. The van der Waals surface area contributed by atoms with Gasteiger partial charge in [-0.1, -0.05) is 19.3 Å². The van der Waals surface area contributed by atoms with Gasteiger partial charge < -0.3 is 10.1 Å². The van der Waals surface area contributed by atoms with Crippen LogP contribution in [0.15, 0.2) is 29.4 Å². The summed E-state index contributed by atoms with van der Waals surface area (Å²) in [5, 5.41) is 7.85. The smallest absolute Gasteiger partial charge is 0.346 e. The van der Waals surface area contributed by atoms with E-state index in [0.29, 0.717) is 12.8 Å². The van der Waals surface area contributed by atoms with Crippen molar-refractivity contribution in [3.05, 3.63) is 29.8 Å². The van der Waals surface area contributed by atoms with Gasteiger partial charge in [0.15, 0.2) is 0 Å². The molecule has 0 radical (unpaired) electrons. The maximum absolute atomic E-state index is 12.5. The minimum absolute atomic E-state index is 0.234. The molecule has 3 amide bonds. The van der Waals surface area contributed by atoms with E-state index in [0.717, 1.165) is 35.6 Å². The lowest BCUT2D eigenvalue weighted by atomic mass is 9.82. The summed E-state index contributed by atoms with van der Waals surface area (Å²) >= 11 is 0. The molecule has 6 nitrogen and oxygen atoms in total. The quantitative estimate of drug-likeness (QED) is 0.688. The van der Waals surface area contributed by atoms with Crippen LogP contribution in [0.3, 0.4) is 0 Å². The van der Waals surface area contributed by atoms with Crippen LogP contribution < -0.4 is 10.1 Å². The number of hydrazone groups is 1. The number of benzene rings is 1. The Morgan fingerprint density at radius 1 is 1.18 bits per heavy atom. The first-order chi connectivity index (χ1) is 10.6. The van der Waals surface area contributed by atoms with E-state index in [-0.39, 0.29) is 5.91 Å². The minimum atomic E-state index is -0.730. The number of hydrogen-bond donors (Lipinski definition) is 1. The van der Waals surface area contributed by atoms with Crippen LogP contribution >= 0.6 is 0 Å². The van der Waals surface area contributed by atoms with Gasteiger partial charge in [-0.25, -0.2) is 4.79 Å². The highest BCUT2D eigenvalue weighted by Gasteiger charge is 2.51. The van der Waals surface area contributed by atoms with Crippen molar-refractivity contribution in [1.82, 2.24) is 10.3 Å². The molecule has 1 aromatic carbocycles. The number of nitrogens with one attached hydrogen (secondary N) is 1. The van der Waals surface area contributed by atoms with E-state index >= 15 is 0 Å². The molecule has 1 saturated carbocycles. The van der Waals surface area contributed by atoms with Gasteiger partial charge in [-0.05, 0) is 42.7 Å². The van der Waals surface area contributed by atoms with Crippen LogP contribution in [-0.4, -0.2) is 35.8 Å². The number of nitrogens with zero attached hydrogens (tertiary/aromatic N) is 2. The highest BCUT2D eigenvalue weighted by atomic mass is 16.5. The van der Waals surface area contributed by atoms with E-state index in [1.807, 2.05) is 12.1 Å². The van der Waals surface area contributed by atoms with E-state index in [9.17, 15) is 9.59 Å². The number of urea groups is 1. The number of methoxy groups -OCH3 is 1. The van der Waals surface area contributed by atoms with E-state index in [1.165, 1.54) is 6.21 Å². The summed E-state index contributed by atoms with van der Waals surface area (Å²) in [6, 6.07) is 6.80. The van der Waals surface area contributed by atoms with Crippen molar-refractivity contribution >= 4 is 18.2 Å². The zero-order valence-electron chi connectivity index (χ0n) is 12.5. The van der Waals surface area contributed by atoms with Crippen molar-refractivity contribution in [2.24, 2.45) is 5.10 Å². The molecule has 1 aliphatic heterocycles. The van der Waals surface area contributed by atoms with E-state index < -0.39 is 11.6 Å². The summed E-state index contributed by atoms with van der Waals surface area (Å²) in [5.74, 6) is 0.510.